The van der Waals surface area contributed by atoms with E-state index in [0.29, 0.717) is 32.5 Å². The number of carbonyl (C=O) groups is 2. The van der Waals surface area contributed by atoms with Gasteiger partial charge in [-0.1, -0.05) is 18.2 Å². The van der Waals surface area contributed by atoms with Gasteiger partial charge in [0.2, 0.25) is 5.91 Å². The van der Waals surface area contributed by atoms with Gasteiger partial charge in [-0.25, -0.2) is 0 Å². The number of benzene rings is 1. The molecule has 5 heteroatoms. The van der Waals surface area contributed by atoms with Crippen molar-refractivity contribution in [1.29, 1.82) is 0 Å². The largest absolute Gasteiger partial charge is 0.496 e. The molecule has 0 unspecified atom stereocenters. The smallest absolute Gasteiger partial charge is 0.311 e. The lowest BCUT2D eigenvalue weighted by Gasteiger charge is -2.17. The third kappa shape index (κ3) is 2.73. The summed E-state index contributed by atoms with van der Waals surface area (Å²) < 4.78 is 10.3. The zero-order valence-corrected chi connectivity index (χ0v) is 12.1. The van der Waals surface area contributed by atoms with Crippen LogP contribution in [-0.2, 0) is 20.7 Å². The Balaban J connectivity index is 1.57. The molecule has 0 N–H and O–H groups in total. The van der Waals surface area contributed by atoms with E-state index in [1.165, 1.54) is 0 Å². The summed E-state index contributed by atoms with van der Waals surface area (Å²) in [5.41, 5.74) is 1.03. The predicted octanol–water partition coefficient (Wildman–Crippen LogP) is 1.26. The molecule has 21 heavy (non-hydrogen) atoms. The van der Waals surface area contributed by atoms with Crippen LogP contribution in [-0.4, -0.2) is 43.6 Å². The van der Waals surface area contributed by atoms with Crippen LogP contribution >= 0.6 is 0 Å². The van der Waals surface area contributed by atoms with Crippen molar-refractivity contribution in [2.75, 3.05) is 26.8 Å². The average molecular weight is 289 g/mol. The monoisotopic (exact) mass is 289 g/mol. The molecule has 2 saturated heterocycles. The highest BCUT2D eigenvalue weighted by atomic mass is 16.5. The summed E-state index contributed by atoms with van der Waals surface area (Å²) in [5.74, 6) is 0.836. The first-order valence-electron chi connectivity index (χ1n) is 7.25. The number of ether oxygens (including phenoxy) is 2. The topological polar surface area (TPSA) is 55.8 Å². The highest BCUT2D eigenvalue weighted by Gasteiger charge is 2.45. The summed E-state index contributed by atoms with van der Waals surface area (Å²) in [6.07, 6.45) is 1.09. The van der Waals surface area contributed by atoms with E-state index in [0.717, 1.165) is 11.3 Å². The molecule has 1 amide bonds. The molecule has 5 nitrogen and oxygen atoms in total. The molecule has 2 heterocycles. The number of aryl methyl sites for hydroxylation is 1. The highest BCUT2D eigenvalue weighted by Crippen LogP contribution is 2.30. The molecule has 3 rings (SSSR count). The van der Waals surface area contributed by atoms with Gasteiger partial charge in [-0.2, -0.15) is 0 Å². The molecule has 0 bridgehead atoms. The maximum absolute atomic E-state index is 12.3. The molecule has 1 aromatic rings. The number of methoxy groups -OCH3 is 1. The lowest BCUT2D eigenvalue weighted by atomic mass is 10.0. The number of fused-ring (bicyclic) bond motifs is 1. The van der Waals surface area contributed by atoms with Gasteiger partial charge in [-0.15, -0.1) is 0 Å². The number of esters is 1. The van der Waals surface area contributed by atoms with E-state index in [4.69, 9.17) is 9.47 Å². The van der Waals surface area contributed by atoms with Crippen molar-refractivity contribution in [2.45, 2.75) is 12.8 Å². The Labute approximate surface area is 123 Å². The number of cyclic esters (lactones) is 1. The summed E-state index contributed by atoms with van der Waals surface area (Å²) in [4.78, 5) is 25.6. The van der Waals surface area contributed by atoms with Crippen molar-refractivity contribution in [3.63, 3.8) is 0 Å². The van der Waals surface area contributed by atoms with Crippen LogP contribution in [0.4, 0.5) is 0 Å². The molecule has 2 fully saturated rings. The Morgan fingerprint density at radius 3 is 2.95 bits per heavy atom. The highest BCUT2D eigenvalue weighted by molar-refractivity contribution is 5.80. The van der Waals surface area contributed by atoms with E-state index in [9.17, 15) is 9.59 Å². The normalized spacial score (nSPS) is 23.9. The molecule has 0 spiro atoms. The number of amides is 1. The minimum absolute atomic E-state index is 0.100. The molecule has 112 valence electrons. The standard InChI is InChI=1S/C16H19NO4/c1-20-14-5-3-2-4-11(14)6-7-15(18)17-8-12-10-21-16(19)13(12)9-17/h2-5,12-13H,6-10H2,1H3/t12-,13-/m1/s1. The Kier molecular flexibility index (Phi) is 3.82. The summed E-state index contributed by atoms with van der Waals surface area (Å²) >= 11 is 0. The third-order valence-corrected chi connectivity index (χ3v) is 4.34. The first-order valence-corrected chi connectivity index (χ1v) is 7.25. The molecule has 0 saturated carbocycles. The van der Waals surface area contributed by atoms with Gasteiger partial charge in [-0.3, -0.25) is 9.59 Å². The second kappa shape index (κ2) is 5.76. The molecule has 2 aliphatic heterocycles. The van der Waals surface area contributed by atoms with E-state index in [1.807, 2.05) is 24.3 Å². The van der Waals surface area contributed by atoms with E-state index >= 15 is 0 Å². The second-order valence-electron chi connectivity index (χ2n) is 5.61. The van der Waals surface area contributed by atoms with Gasteiger partial charge in [0, 0.05) is 25.4 Å². The predicted molar refractivity (Wildman–Crippen MR) is 75.8 cm³/mol. The fourth-order valence-corrected chi connectivity index (χ4v) is 3.12. The number of nitrogens with zero attached hydrogens (tertiary/aromatic N) is 1. The maximum atomic E-state index is 12.3. The molecule has 0 aliphatic carbocycles. The second-order valence-corrected chi connectivity index (χ2v) is 5.61. The van der Waals surface area contributed by atoms with Gasteiger partial charge < -0.3 is 14.4 Å². The zero-order valence-electron chi connectivity index (χ0n) is 12.1. The SMILES string of the molecule is COc1ccccc1CCC(=O)N1C[C@@H]2COC(=O)[C@@H]2C1. The molecular weight excluding hydrogens is 270 g/mol. The Morgan fingerprint density at radius 1 is 1.38 bits per heavy atom. The van der Waals surface area contributed by atoms with Crippen molar-refractivity contribution in [2.24, 2.45) is 11.8 Å². The minimum atomic E-state index is -0.153. The molecule has 2 aliphatic rings. The number of carbonyl (C=O) groups excluding carboxylic acids is 2. The van der Waals surface area contributed by atoms with Crippen LogP contribution in [0.25, 0.3) is 0 Å². The Morgan fingerprint density at radius 2 is 2.19 bits per heavy atom. The van der Waals surface area contributed by atoms with Gasteiger partial charge >= 0.3 is 5.97 Å². The Hall–Kier alpha value is -2.04. The van der Waals surface area contributed by atoms with Crippen LogP contribution in [0, 0.1) is 11.8 Å². The van der Waals surface area contributed by atoms with Gasteiger partial charge in [0.1, 0.15) is 5.75 Å². The fourth-order valence-electron chi connectivity index (χ4n) is 3.12. The summed E-state index contributed by atoms with van der Waals surface area (Å²) in [7, 11) is 1.63. The van der Waals surface area contributed by atoms with Crippen molar-refractivity contribution in [3.8, 4) is 5.75 Å². The van der Waals surface area contributed by atoms with Crippen LogP contribution in [0.2, 0.25) is 0 Å². The van der Waals surface area contributed by atoms with Gasteiger partial charge in [-0.05, 0) is 18.1 Å². The molecule has 1 aromatic carbocycles. The minimum Gasteiger partial charge on any atom is -0.496 e. The van der Waals surface area contributed by atoms with Gasteiger partial charge in [0.25, 0.3) is 0 Å². The van der Waals surface area contributed by atoms with E-state index in [1.54, 1.807) is 12.0 Å². The number of hydrogen-bond acceptors (Lipinski definition) is 4. The van der Waals surface area contributed by atoms with Crippen molar-refractivity contribution in [3.05, 3.63) is 29.8 Å². The van der Waals surface area contributed by atoms with Gasteiger partial charge in [0.15, 0.2) is 0 Å². The average Bonchev–Trinajstić information content (AvgIpc) is 3.07. The van der Waals surface area contributed by atoms with Crippen LogP contribution in [0.15, 0.2) is 24.3 Å². The molecule has 0 aromatic heterocycles. The summed E-state index contributed by atoms with van der Waals surface area (Å²) in [6, 6.07) is 7.73. The van der Waals surface area contributed by atoms with E-state index in [-0.39, 0.29) is 23.7 Å². The zero-order chi connectivity index (χ0) is 14.8. The van der Waals surface area contributed by atoms with Crippen molar-refractivity contribution in [1.82, 2.24) is 4.90 Å². The molecule has 0 radical (unpaired) electrons. The molecular formula is C16H19NO4. The van der Waals surface area contributed by atoms with Crippen molar-refractivity contribution >= 4 is 11.9 Å². The van der Waals surface area contributed by atoms with Gasteiger partial charge in [0.05, 0.1) is 19.6 Å². The van der Waals surface area contributed by atoms with Crippen LogP contribution in [0.3, 0.4) is 0 Å². The number of para-hydroxylation sites is 1. The van der Waals surface area contributed by atoms with Crippen LogP contribution < -0.4 is 4.74 Å². The first-order chi connectivity index (χ1) is 10.2. The lowest BCUT2D eigenvalue weighted by Crippen LogP contribution is -2.31. The van der Waals surface area contributed by atoms with E-state index in [2.05, 4.69) is 0 Å². The Bertz CT molecular complexity index is 557. The lowest BCUT2D eigenvalue weighted by molar-refractivity contribution is -0.142. The summed E-state index contributed by atoms with van der Waals surface area (Å²) in [5, 5.41) is 0. The third-order valence-electron chi connectivity index (χ3n) is 4.34. The number of rotatable bonds is 4. The number of hydrogen-bond donors (Lipinski definition) is 0. The quantitative estimate of drug-likeness (QED) is 0.783. The fraction of sp³-hybridized carbons (Fsp3) is 0.500. The summed E-state index contributed by atoms with van der Waals surface area (Å²) in [6.45, 7) is 1.61. The molecule has 2 atom stereocenters. The van der Waals surface area contributed by atoms with E-state index < -0.39 is 0 Å². The van der Waals surface area contributed by atoms with Crippen LogP contribution in [0.5, 0.6) is 5.75 Å². The van der Waals surface area contributed by atoms with Crippen molar-refractivity contribution < 1.29 is 19.1 Å². The van der Waals surface area contributed by atoms with Crippen LogP contribution in [0.1, 0.15) is 12.0 Å². The maximum Gasteiger partial charge on any atom is 0.311 e. The first kappa shape index (κ1) is 13.9. The number of likely N-dealkylation sites (tertiary alicyclic amines) is 1.